The lowest BCUT2D eigenvalue weighted by Gasteiger charge is -2.20. The maximum Gasteiger partial charge on any atom is 0.342 e. The maximum absolute atomic E-state index is 12.4. The minimum Gasteiger partial charge on any atom is -0.497 e. The van der Waals surface area contributed by atoms with Crippen molar-refractivity contribution in [3.05, 3.63) is 52.1 Å². The van der Waals surface area contributed by atoms with E-state index in [1.165, 1.54) is 0 Å². The molecular formula is C18H21BrN2O3. The molecule has 0 amide bonds. The number of carbonyl (C=O) groups excluding carboxylic acids is 1. The smallest absolute Gasteiger partial charge is 0.342 e. The van der Waals surface area contributed by atoms with Crippen LogP contribution in [0.15, 0.2) is 41.0 Å². The zero-order chi connectivity index (χ0) is 17.7. The highest BCUT2D eigenvalue weighted by atomic mass is 79.9. The third-order valence-electron chi connectivity index (χ3n) is 3.09. The van der Waals surface area contributed by atoms with Gasteiger partial charge in [-0.15, -0.1) is 0 Å². The molecule has 0 unspecified atom stereocenters. The zero-order valence-electron chi connectivity index (χ0n) is 14.2. The molecule has 2 rings (SSSR count). The van der Waals surface area contributed by atoms with Crippen LogP contribution in [0.4, 0.5) is 5.82 Å². The molecule has 0 saturated heterocycles. The van der Waals surface area contributed by atoms with Crippen LogP contribution in [0.5, 0.6) is 5.75 Å². The van der Waals surface area contributed by atoms with Crippen molar-refractivity contribution >= 4 is 27.7 Å². The number of nitrogens with one attached hydrogen (secondary N) is 1. The molecule has 0 fully saturated rings. The van der Waals surface area contributed by atoms with E-state index < -0.39 is 11.6 Å². The molecule has 2 aromatic rings. The number of ether oxygens (including phenoxy) is 2. The van der Waals surface area contributed by atoms with Gasteiger partial charge < -0.3 is 14.8 Å². The molecule has 0 aliphatic carbocycles. The van der Waals surface area contributed by atoms with Crippen LogP contribution in [0.25, 0.3) is 0 Å². The fraction of sp³-hybridized carbons (Fsp3) is 0.333. The number of hydrogen-bond acceptors (Lipinski definition) is 5. The monoisotopic (exact) mass is 392 g/mol. The molecule has 0 aliphatic heterocycles. The second-order valence-corrected chi connectivity index (χ2v) is 7.17. The van der Waals surface area contributed by atoms with Gasteiger partial charge in [0.05, 0.1) is 7.11 Å². The largest absolute Gasteiger partial charge is 0.497 e. The lowest BCUT2D eigenvalue weighted by atomic mass is 10.1. The second-order valence-electron chi connectivity index (χ2n) is 6.25. The third-order valence-corrected chi connectivity index (χ3v) is 3.53. The van der Waals surface area contributed by atoms with Gasteiger partial charge in [0.1, 0.15) is 22.7 Å². The summed E-state index contributed by atoms with van der Waals surface area (Å²) in [7, 11) is 1.63. The van der Waals surface area contributed by atoms with Crippen molar-refractivity contribution in [2.75, 3.05) is 12.4 Å². The zero-order valence-corrected chi connectivity index (χ0v) is 15.8. The number of carbonyl (C=O) groups is 1. The molecule has 0 spiro atoms. The molecule has 1 N–H and O–H groups in total. The van der Waals surface area contributed by atoms with Gasteiger partial charge in [0, 0.05) is 17.2 Å². The Kier molecular flexibility index (Phi) is 5.83. The van der Waals surface area contributed by atoms with Gasteiger partial charge in [-0.05, 0) is 60.5 Å². The Labute approximate surface area is 150 Å². The van der Waals surface area contributed by atoms with Crippen LogP contribution in [-0.4, -0.2) is 23.7 Å². The molecule has 1 aromatic heterocycles. The van der Waals surface area contributed by atoms with Crippen molar-refractivity contribution in [1.82, 2.24) is 4.98 Å². The number of benzene rings is 1. The number of methoxy groups -OCH3 is 1. The molecule has 128 valence electrons. The highest BCUT2D eigenvalue weighted by Crippen LogP contribution is 2.22. The van der Waals surface area contributed by atoms with Crippen molar-refractivity contribution in [2.24, 2.45) is 0 Å². The summed E-state index contributed by atoms with van der Waals surface area (Å²) in [6.45, 7) is 6.04. The summed E-state index contributed by atoms with van der Waals surface area (Å²) in [5.74, 6) is 0.881. The Balaban J connectivity index is 2.15. The van der Waals surface area contributed by atoms with Crippen LogP contribution in [0.1, 0.15) is 36.7 Å². The number of anilines is 1. The summed E-state index contributed by atoms with van der Waals surface area (Å²) in [5.41, 5.74) is 0.885. The molecule has 1 aromatic carbocycles. The number of halogens is 1. The maximum atomic E-state index is 12.4. The van der Waals surface area contributed by atoms with Gasteiger partial charge in [0.15, 0.2) is 0 Å². The van der Waals surface area contributed by atoms with E-state index in [2.05, 4.69) is 26.2 Å². The van der Waals surface area contributed by atoms with E-state index in [0.29, 0.717) is 17.9 Å². The number of esters is 1. The molecule has 0 radical (unpaired) electrons. The van der Waals surface area contributed by atoms with Crippen LogP contribution >= 0.6 is 15.9 Å². The van der Waals surface area contributed by atoms with E-state index in [-0.39, 0.29) is 0 Å². The summed E-state index contributed by atoms with van der Waals surface area (Å²) in [6, 6.07) is 9.40. The summed E-state index contributed by atoms with van der Waals surface area (Å²) in [6.07, 6.45) is 1.64. The Morgan fingerprint density at radius 1 is 1.25 bits per heavy atom. The minimum atomic E-state index is -0.563. The molecule has 0 aliphatic rings. The second kappa shape index (κ2) is 7.66. The number of aromatic nitrogens is 1. The van der Waals surface area contributed by atoms with Crippen LogP contribution in [0, 0.1) is 0 Å². The molecule has 5 nitrogen and oxygen atoms in total. The average Bonchev–Trinajstić information content (AvgIpc) is 2.52. The lowest BCUT2D eigenvalue weighted by Crippen LogP contribution is -2.24. The molecule has 0 atom stereocenters. The Morgan fingerprint density at radius 3 is 2.50 bits per heavy atom. The fourth-order valence-corrected chi connectivity index (χ4v) is 2.33. The van der Waals surface area contributed by atoms with Crippen molar-refractivity contribution in [1.29, 1.82) is 0 Å². The number of rotatable bonds is 5. The van der Waals surface area contributed by atoms with E-state index in [0.717, 1.165) is 15.8 Å². The summed E-state index contributed by atoms with van der Waals surface area (Å²) >= 11 is 3.34. The Morgan fingerprint density at radius 2 is 1.92 bits per heavy atom. The van der Waals surface area contributed by atoms with Gasteiger partial charge in [-0.1, -0.05) is 12.1 Å². The first-order chi connectivity index (χ1) is 11.3. The van der Waals surface area contributed by atoms with Gasteiger partial charge in [-0.25, -0.2) is 9.78 Å². The topological polar surface area (TPSA) is 60.5 Å². The van der Waals surface area contributed by atoms with Gasteiger partial charge in [0.2, 0.25) is 0 Å². The van der Waals surface area contributed by atoms with Gasteiger partial charge in [-0.2, -0.15) is 0 Å². The highest BCUT2D eigenvalue weighted by molar-refractivity contribution is 9.10. The van der Waals surface area contributed by atoms with E-state index in [9.17, 15) is 4.79 Å². The number of hydrogen-bond donors (Lipinski definition) is 1. The first kappa shape index (κ1) is 18.3. The average molecular weight is 393 g/mol. The van der Waals surface area contributed by atoms with Gasteiger partial charge in [-0.3, -0.25) is 0 Å². The van der Waals surface area contributed by atoms with Gasteiger partial charge in [0.25, 0.3) is 0 Å². The number of pyridine rings is 1. The van der Waals surface area contributed by atoms with E-state index >= 15 is 0 Å². The van der Waals surface area contributed by atoms with Crippen molar-refractivity contribution in [3.63, 3.8) is 0 Å². The summed E-state index contributed by atoms with van der Waals surface area (Å²) in [4.78, 5) is 16.7. The minimum absolute atomic E-state index is 0.396. The fourth-order valence-electron chi connectivity index (χ4n) is 2.00. The van der Waals surface area contributed by atoms with Crippen molar-refractivity contribution in [3.8, 4) is 5.75 Å². The molecule has 1 heterocycles. The predicted octanol–water partition coefficient (Wildman–Crippen LogP) is 4.42. The normalized spacial score (nSPS) is 11.0. The summed E-state index contributed by atoms with van der Waals surface area (Å²) < 4.78 is 11.3. The molecule has 0 bridgehead atoms. The Bertz CT molecular complexity index is 709. The quantitative estimate of drug-likeness (QED) is 0.762. The third kappa shape index (κ3) is 5.23. The van der Waals surface area contributed by atoms with Crippen molar-refractivity contribution < 1.29 is 14.3 Å². The van der Waals surface area contributed by atoms with E-state index in [1.807, 2.05) is 45.0 Å². The van der Waals surface area contributed by atoms with Gasteiger partial charge >= 0.3 is 5.97 Å². The lowest BCUT2D eigenvalue weighted by molar-refractivity contribution is 0.00702. The van der Waals surface area contributed by atoms with E-state index in [1.54, 1.807) is 19.4 Å². The SMILES string of the molecule is COc1ccc(CNc2ncc(Br)cc2C(=O)OC(C)(C)C)cc1. The van der Waals surface area contributed by atoms with Crippen molar-refractivity contribution in [2.45, 2.75) is 32.9 Å². The van der Waals surface area contributed by atoms with Crippen LogP contribution in [-0.2, 0) is 11.3 Å². The van der Waals surface area contributed by atoms with Crippen LogP contribution in [0.2, 0.25) is 0 Å². The predicted molar refractivity (Wildman–Crippen MR) is 97.4 cm³/mol. The number of nitrogens with zero attached hydrogens (tertiary/aromatic N) is 1. The molecular weight excluding hydrogens is 372 g/mol. The first-order valence-electron chi connectivity index (χ1n) is 7.54. The van der Waals surface area contributed by atoms with Crippen LogP contribution < -0.4 is 10.1 Å². The molecule has 6 heteroatoms. The first-order valence-corrected chi connectivity index (χ1v) is 8.33. The van der Waals surface area contributed by atoms with Crippen LogP contribution in [0.3, 0.4) is 0 Å². The molecule has 24 heavy (non-hydrogen) atoms. The Hall–Kier alpha value is -2.08. The molecule has 0 saturated carbocycles. The highest BCUT2D eigenvalue weighted by Gasteiger charge is 2.21. The van der Waals surface area contributed by atoms with E-state index in [4.69, 9.17) is 9.47 Å². The summed E-state index contributed by atoms with van der Waals surface area (Å²) in [5, 5.41) is 3.19. The standard InChI is InChI=1S/C18H21BrN2O3/c1-18(2,3)24-17(22)15-9-13(19)11-21-16(15)20-10-12-5-7-14(23-4)8-6-12/h5-9,11H,10H2,1-4H3,(H,20,21).